The van der Waals surface area contributed by atoms with Crippen molar-refractivity contribution < 1.29 is 13.2 Å². The molecule has 0 aliphatic carbocycles. The van der Waals surface area contributed by atoms with Gasteiger partial charge in [0.25, 0.3) is 0 Å². The van der Waals surface area contributed by atoms with Gasteiger partial charge < -0.3 is 11.5 Å². The van der Waals surface area contributed by atoms with Gasteiger partial charge in [-0.3, -0.25) is 4.79 Å². The van der Waals surface area contributed by atoms with Gasteiger partial charge in [0, 0.05) is 12.2 Å². The zero-order valence-corrected chi connectivity index (χ0v) is 11.2. The molecule has 0 aliphatic heterocycles. The summed E-state index contributed by atoms with van der Waals surface area (Å²) in [6.45, 7) is 3.25. The number of primary amides is 1. The summed E-state index contributed by atoms with van der Waals surface area (Å²) in [4.78, 5) is 10.9. The Bertz CT molecular complexity index is 555. The average molecular weight is 271 g/mol. The smallest absolute Gasteiger partial charge is 0.243 e. The molecule has 0 aliphatic rings. The average Bonchev–Trinajstić information content (AvgIpc) is 2.28. The molecule has 0 aromatic heterocycles. The first-order valence-corrected chi connectivity index (χ1v) is 6.87. The zero-order chi connectivity index (χ0) is 13.9. The molecule has 100 valence electrons. The van der Waals surface area contributed by atoms with Gasteiger partial charge in [-0.05, 0) is 24.6 Å². The van der Waals surface area contributed by atoms with Gasteiger partial charge in [0.05, 0.1) is 11.4 Å². The van der Waals surface area contributed by atoms with Crippen LogP contribution in [0.2, 0.25) is 0 Å². The Kier molecular flexibility index (Phi) is 4.31. The molecule has 1 aromatic carbocycles. The van der Waals surface area contributed by atoms with Crippen molar-refractivity contribution in [2.24, 2.45) is 5.73 Å². The summed E-state index contributed by atoms with van der Waals surface area (Å²) < 4.78 is 25.5. The first-order chi connectivity index (χ1) is 8.28. The summed E-state index contributed by atoms with van der Waals surface area (Å²) in [5.41, 5.74) is 11.9. The van der Waals surface area contributed by atoms with Crippen LogP contribution in [0.4, 0.5) is 5.69 Å². The van der Waals surface area contributed by atoms with E-state index in [-0.39, 0.29) is 18.0 Å². The predicted molar refractivity (Wildman–Crippen MR) is 69.2 cm³/mol. The highest BCUT2D eigenvalue weighted by Gasteiger charge is 2.24. The van der Waals surface area contributed by atoms with Gasteiger partial charge in [-0.25, -0.2) is 8.42 Å². The number of anilines is 1. The maximum atomic E-state index is 12.2. The van der Waals surface area contributed by atoms with E-state index < -0.39 is 15.9 Å². The third-order valence-corrected chi connectivity index (χ3v) is 4.49. The van der Waals surface area contributed by atoms with Crippen molar-refractivity contribution in [2.75, 3.05) is 18.8 Å². The lowest BCUT2D eigenvalue weighted by Crippen LogP contribution is -2.38. The van der Waals surface area contributed by atoms with Crippen LogP contribution in [-0.2, 0) is 14.8 Å². The summed E-state index contributed by atoms with van der Waals surface area (Å²) in [6, 6.07) is 4.47. The van der Waals surface area contributed by atoms with Crippen LogP contribution >= 0.6 is 0 Å². The van der Waals surface area contributed by atoms with Crippen molar-refractivity contribution in [2.45, 2.75) is 18.7 Å². The maximum Gasteiger partial charge on any atom is 0.243 e. The van der Waals surface area contributed by atoms with E-state index >= 15 is 0 Å². The molecule has 0 saturated heterocycles. The number of rotatable bonds is 5. The van der Waals surface area contributed by atoms with Crippen molar-refractivity contribution in [1.82, 2.24) is 4.31 Å². The number of nitrogens with two attached hydrogens (primary N) is 2. The number of hydrogen-bond donors (Lipinski definition) is 2. The number of nitrogens with zero attached hydrogens (tertiary/aromatic N) is 1. The summed E-state index contributed by atoms with van der Waals surface area (Å²) >= 11 is 0. The highest BCUT2D eigenvalue weighted by molar-refractivity contribution is 7.89. The van der Waals surface area contributed by atoms with Gasteiger partial charge in [-0.2, -0.15) is 4.31 Å². The van der Waals surface area contributed by atoms with Gasteiger partial charge in [0.2, 0.25) is 15.9 Å². The number of hydrogen-bond acceptors (Lipinski definition) is 4. The molecular formula is C11H17N3O3S. The summed E-state index contributed by atoms with van der Waals surface area (Å²) in [5, 5.41) is 0. The second-order valence-electron chi connectivity index (χ2n) is 3.92. The van der Waals surface area contributed by atoms with Crippen LogP contribution in [0.25, 0.3) is 0 Å². The second-order valence-corrected chi connectivity index (χ2v) is 5.85. The van der Waals surface area contributed by atoms with Crippen LogP contribution in [0.3, 0.4) is 0 Å². The van der Waals surface area contributed by atoms with E-state index in [0.29, 0.717) is 5.69 Å². The molecule has 18 heavy (non-hydrogen) atoms. The van der Waals surface area contributed by atoms with Crippen LogP contribution in [0.15, 0.2) is 23.1 Å². The van der Waals surface area contributed by atoms with E-state index in [9.17, 15) is 13.2 Å². The van der Waals surface area contributed by atoms with E-state index in [1.165, 1.54) is 12.1 Å². The van der Waals surface area contributed by atoms with Crippen molar-refractivity contribution in [3.63, 3.8) is 0 Å². The molecule has 0 radical (unpaired) electrons. The molecule has 0 heterocycles. The van der Waals surface area contributed by atoms with Crippen LogP contribution in [0, 0.1) is 6.92 Å². The quantitative estimate of drug-likeness (QED) is 0.739. The van der Waals surface area contributed by atoms with Crippen molar-refractivity contribution in [1.29, 1.82) is 0 Å². The van der Waals surface area contributed by atoms with Crippen molar-refractivity contribution in [3.05, 3.63) is 23.8 Å². The first kappa shape index (κ1) is 14.5. The monoisotopic (exact) mass is 271 g/mol. The van der Waals surface area contributed by atoms with Gasteiger partial charge >= 0.3 is 0 Å². The summed E-state index contributed by atoms with van der Waals surface area (Å²) in [6.07, 6.45) is 0. The van der Waals surface area contributed by atoms with Crippen molar-refractivity contribution in [3.8, 4) is 0 Å². The highest BCUT2D eigenvalue weighted by atomic mass is 32.2. The second kappa shape index (κ2) is 5.36. The lowest BCUT2D eigenvalue weighted by atomic mass is 10.2. The number of sulfonamides is 1. The van der Waals surface area contributed by atoms with Crippen LogP contribution in [0.5, 0.6) is 0 Å². The molecule has 0 saturated carbocycles. The summed E-state index contributed by atoms with van der Waals surface area (Å²) in [7, 11) is -3.73. The van der Waals surface area contributed by atoms with Gasteiger partial charge in [0.15, 0.2) is 0 Å². The minimum atomic E-state index is -3.73. The largest absolute Gasteiger partial charge is 0.398 e. The Labute approximate surface area is 107 Å². The fourth-order valence-electron chi connectivity index (χ4n) is 1.47. The van der Waals surface area contributed by atoms with Gasteiger partial charge in [-0.1, -0.05) is 13.0 Å². The number of carbonyl (C=O) groups is 1. The van der Waals surface area contributed by atoms with E-state index in [4.69, 9.17) is 11.5 Å². The topological polar surface area (TPSA) is 106 Å². The molecule has 0 bridgehead atoms. The van der Waals surface area contributed by atoms with E-state index in [1.54, 1.807) is 19.9 Å². The first-order valence-electron chi connectivity index (χ1n) is 5.43. The van der Waals surface area contributed by atoms with E-state index in [0.717, 1.165) is 9.87 Å². The van der Waals surface area contributed by atoms with Crippen molar-refractivity contribution >= 4 is 21.6 Å². The summed E-state index contributed by atoms with van der Waals surface area (Å²) in [5.74, 6) is -0.694. The molecule has 1 amide bonds. The molecule has 1 aromatic rings. The Hall–Kier alpha value is -1.60. The molecule has 4 N–H and O–H groups in total. The molecule has 0 unspecified atom stereocenters. The normalized spacial score (nSPS) is 11.7. The molecule has 1 rings (SSSR count). The Morgan fingerprint density at radius 1 is 1.39 bits per heavy atom. The number of aryl methyl sites for hydroxylation is 1. The number of likely N-dealkylation sites (N-methyl/N-ethyl adjacent to an activating group) is 1. The van der Waals surface area contributed by atoms with Gasteiger partial charge in [0.1, 0.15) is 0 Å². The highest BCUT2D eigenvalue weighted by Crippen LogP contribution is 2.20. The number of carbonyl (C=O) groups excluding carboxylic acids is 1. The standard InChI is InChI=1S/C11H17N3O3S/c1-3-14(7-11(13)15)18(16,17)9-5-4-8(2)10(12)6-9/h4-6H,3,7,12H2,1-2H3,(H2,13,15). The molecule has 0 atom stereocenters. The number of nitrogen functional groups attached to an aromatic ring is 1. The van der Waals surface area contributed by atoms with E-state index in [1.807, 2.05) is 0 Å². The molecule has 6 nitrogen and oxygen atoms in total. The van der Waals surface area contributed by atoms with Crippen LogP contribution in [0.1, 0.15) is 12.5 Å². The molecule has 0 fully saturated rings. The minimum absolute atomic E-state index is 0.0636. The van der Waals surface area contributed by atoms with Crippen LogP contribution < -0.4 is 11.5 Å². The lowest BCUT2D eigenvalue weighted by molar-refractivity contribution is -0.118. The number of benzene rings is 1. The van der Waals surface area contributed by atoms with E-state index in [2.05, 4.69) is 0 Å². The Balaban J connectivity index is 3.18. The lowest BCUT2D eigenvalue weighted by Gasteiger charge is -2.19. The van der Waals surface area contributed by atoms with Gasteiger partial charge in [-0.15, -0.1) is 0 Å². The maximum absolute atomic E-state index is 12.2. The molecule has 0 spiro atoms. The SMILES string of the molecule is CCN(CC(N)=O)S(=O)(=O)c1ccc(C)c(N)c1. The predicted octanol–water partition coefficient (Wildman–Crippen LogP) is 0.0731. The third kappa shape index (κ3) is 2.99. The molecule has 7 heteroatoms. The minimum Gasteiger partial charge on any atom is -0.398 e. The third-order valence-electron chi connectivity index (χ3n) is 2.57. The Morgan fingerprint density at radius 3 is 2.44 bits per heavy atom. The zero-order valence-electron chi connectivity index (χ0n) is 10.4. The number of amides is 1. The molecular weight excluding hydrogens is 254 g/mol. The van der Waals surface area contributed by atoms with Crippen LogP contribution in [-0.4, -0.2) is 31.7 Å². The fourth-order valence-corrected chi connectivity index (χ4v) is 2.92. The fraction of sp³-hybridized carbons (Fsp3) is 0.364. The Morgan fingerprint density at radius 2 is 2.00 bits per heavy atom.